The van der Waals surface area contributed by atoms with Crippen molar-refractivity contribution in [1.82, 2.24) is 0 Å². The molecule has 0 fully saturated rings. The first kappa shape index (κ1) is 15.5. The fraction of sp³-hybridized carbons (Fsp3) is 0.0714. The van der Waals surface area contributed by atoms with Gasteiger partial charge in [0.2, 0.25) is 0 Å². The Labute approximate surface area is 133 Å². The summed E-state index contributed by atoms with van der Waals surface area (Å²) in [6, 6.07) is 10.9. The maximum absolute atomic E-state index is 11.0. The lowest BCUT2D eigenvalue weighted by Crippen LogP contribution is -1.98. The fourth-order valence-corrected chi connectivity index (χ4v) is 2.23. The van der Waals surface area contributed by atoms with E-state index in [1.165, 1.54) is 12.1 Å². The first-order valence-electron chi connectivity index (χ1n) is 5.83. The van der Waals surface area contributed by atoms with Crippen LogP contribution in [-0.2, 0) is 6.61 Å². The lowest BCUT2D eigenvalue weighted by atomic mass is 10.2. The van der Waals surface area contributed by atoms with Gasteiger partial charge in [0.1, 0.15) is 12.4 Å². The van der Waals surface area contributed by atoms with Crippen LogP contribution in [0.2, 0.25) is 0 Å². The summed E-state index contributed by atoms with van der Waals surface area (Å²) in [6.45, 7) is 0.255. The fourth-order valence-electron chi connectivity index (χ4n) is 1.62. The number of rotatable bonds is 5. The van der Waals surface area contributed by atoms with E-state index in [9.17, 15) is 14.9 Å². The number of hydrogen-bond donors (Lipinski definition) is 0. The number of benzene rings is 2. The quantitative estimate of drug-likeness (QED) is 0.446. The SMILES string of the molecule is O=C(Cl)c1ccc(OCc2ccc([N+](=O)[O-])cc2)c(Br)c1. The largest absolute Gasteiger partial charge is 0.488 e. The number of nitro benzene ring substituents is 1. The van der Waals surface area contributed by atoms with Crippen molar-refractivity contribution in [1.29, 1.82) is 0 Å². The maximum Gasteiger partial charge on any atom is 0.269 e. The summed E-state index contributed by atoms with van der Waals surface area (Å²) in [5.41, 5.74) is 1.20. The second kappa shape index (κ2) is 6.69. The standard InChI is InChI=1S/C14H9BrClNO4/c15-12-7-10(14(16)18)3-6-13(12)21-8-9-1-4-11(5-2-9)17(19)20/h1-7H,8H2. The van der Waals surface area contributed by atoms with Gasteiger partial charge in [-0.1, -0.05) is 0 Å². The van der Waals surface area contributed by atoms with Gasteiger partial charge in [-0.05, 0) is 63.4 Å². The van der Waals surface area contributed by atoms with E-state index in [-0.39, 0.29) is 12.3 Å². The molecule has 0 aromatic heterocycles. The zero-order valence-corrected chi connectivity index (χ0v) is 12.9. The number of ether oxygens (including phenoxy) is 1. The van der Waals surface area contributed by atoms with Gasteiger partial charge in [-0.3, -0.25) is 14.9 Å². The van der Waals surface area contributed by atoms with Crippen molar-refractivity contribution in [2.24, 2.45) is 0 Å². The summed E-state index contributed by atoms with van der Waals surface area (Å²) < 4.78 is 6.19. The van der Waals surface area contributed by atoms with Crippen molar-refractivity contribution in [2.75, 3.05) is 0 Å². The maximum atomic E-state index is 11.0. The van der Waals surface area contributed by atoms with E-state index in [0.717, 1.165) is 5.56 Å². The highest BCUT2D eigenvalue weighted by atomic mass is 79.9. The molecule has 0 aliphatic rings. The first-order valence-corrected chi connectivity index (χ1v) is 7.00. The summed E-state index contributed by atoms with van der Waals surface area (Å²) in [5.74, 6) is 0.551. The van der Waals surface area contributed by atoms with Crippen molar-refractivity contribution < 1.29 is 14.5 Å². The molecule has 0 atom stereocenters. The third-order valence-electron chi connectivity index (χ3n) is 2.70. The zero-order chi connectivity index (χ0) is 15.4. The molecule has 0 bridgehead atoms. The predicted molar refractivity (Wildman–Crippen MR) is 81.8 cm³/mol. The topological polar surface area (TPSA) is 69.4 Å². The van der Waals surface area contributed by atoms with E-state index in [2.05, 4.69) is 15.9 Å². The molecular formula is C14H9BrClNO4. The number of nitro groups is 1. The molecule has 0 spiro atoms. The molecule has 0 saturated carbocycles. The van der Waals surface area contributed by atoms with Crippen LogP contribution in [0.25, 0.3) is 0 Å². The van der Waals surface area contributed by atoms with E-state index in [0.29, 0.717) is 15.8 Å². The minimum absolute atomic E-state index is 0.0323. The van der Waals surface area contributed by atoms with E-state index in [4.69, 9.17) is 16.3 Å². The first-order chi connectivity index (χ1) is 9.97. The lowest BCUT2D eigenvalue weighted by molar-refractivity contribution is -0.384. The molecule has 21 heavy (non-hydrogen) atoms. The molecule has 0 amide bonds. The highest BCUT2D eigenvalue weighted by Gasteiger charge is 2.08. The Morgan fingerprint density at radius 3 is 2.43 bits per heavy atom. The average molecular weight is 371 g/mol. The summed E-state index contributed by atoms with van der Waals surface area (Å²) in [6.07, 6.45) is 0. The second-order valence-electron chi connectivity index (χ2n) is 4.13. The van der Waals surface area contributed by atoms with Gasteiger partial charge in [0.15, 0.2) is 0 Å². The van der Waals surface area contributed by atoms with Crippen LogP contribution in [0.3, 0.4) is 0 Å². The Balaban J connectivity index is 2.06. The van der Waals surface area contributed by atoms with Crippen molar-refractivity contribution in [3.63, 3.8) is 0 Å². The van der Waals surface area contributed by atoms with Gasteiger partial charge in [0.25, 0.3) is 10.9 Å². The van der Waals surface area contributed by atoms with Gasteiger partial charge >= 0.3 is 0 Å². The minimum atomic E-state index is -0.544. The molecule has 2 rings (SSSR count). The van der Waals surface area contributed by atoms with Crippen LogP contribution in [0.15, 0.2) is 46.9 Å². The molecule has 0 heterocycles. The molecule has 108 valence electrons. The Bertz CT molecular complexity index is 688. The molecule has 0 aliphatic heterocycles. The third-order valence-corrected chi connectivity index (χ3v) is 3.54. The Morgan fingerprint density at radius 1 is 1.24 bits per heavy atom. The average Bonchev–Trinajstić information content (AvgIpc) is 2.46. The number of halogens is 2. The highest BCUT2D eigenvalue weighted by Crippen LogP contribution is 2.27. The number of non-ortho nitro benzene ring substituents is 1. The van der Waals surface area contributed by atoms with E-state index >= 15 is 0 Å². The van der Waals surface area contributed by atoms with Crippen molar-refractivity contribution >= 4 is 38.5 Å². The Morgan fingerprint density at radius 2 is 1.90 bits per heavy atom. The van der Waals surface area contributed by atoms with E-state index < -0.39 is 10.2 Å². The summed E-state index contributed by atoms with van der Waals surface area (Å²) in [4.78, 5) is 21.1. The molecular weight excluding hydrogens is 362 g/mol. The van der Waals surface area contributed by atoms with Gasteiger partial charge in [-0.15, -0.1) is 0 Å². The zero-order valence-electron chi connectivity index (χ0n) is 10.6. The Kier molecular flexibility index (Phi) is 4.93. The highest BCUT2D eigenvalue weighted by molar-refractivity contribution is 9.10. The van der Waals surface area contributed by atoms with E-state index in [1.54, 1.807) is 30.3 Å². The Hall–Kier alpha value is -1.92. The van der Waals surface area contributed by atoms with Gasteiger partial charge in [0.05, 0.1) is 9.40 Å². The normalized spacial score (nSPS) is 10.2. The molecule has 5 nitrogen and oxygen atoms in total. The molecule has 0 aliphatic carbocycles. The summed E-state index contributed by atoms with van der Waals surface area (Å²) in [7, 11) is 0. The van der Waals surface area contributed by atoms with Gasteiger partial charge < -0.3 is 4.74 Å². The molecule has 0 N–H and O–H groups in total. The molecule has 7 heteroatoms. The number of nitrogens with zero attached hydrogens (tertiary/aromatic N) is 1. The van der Waals surface area contributed by atoms with Gasteiger partial charge in [-0.25, -0.2) is 0 Å². The monoisotopic (exact) mass is 369 g/mol. The van der Waals surface area contributed by atoms with E-state index in [1.807, 2.05) is 0 Å². The molecule has 0 radical (unpaired) electrons. The molecule has 2 aromatic carbocycles. The van der Waals surface area contributed by atoms with Crippen LogP contribution in [0.4, 0.5) is 5.69 Å². The van der Waals surface area contributed by atoms with Gasteiger partial charge in [-0.2, -0.15) is 0 Å². The van der Waals surface area contributed by atoms with Crippen LogP contribution in [-0.4, -0.2) is 10.2 Å². The van der Waals surface area contributed by atoms with Crippen LogP contribution in [0.1, 0.15) is 15.9 Å². The molecule has 2 aromatic rings. The summed E-state index contributed by atoms with van der Waals surface area (Å²) >= 11 is 8.68. The summed E-state index contributed by atoms with van der Waals surface area (Å²) in [5, 5.41) is 10.0. The van der Waals surface area contributed by atoms with Crippen LogP contribution in [0.5, 0.6) is 5.75 Å². The number of hydrogen-bond acceptors (Lipinski definition) is 4. The van der Waals surface area contributed by atoms with Crippen molar-refractivity contribution in [3.05, 3.63) is 68.2 Å². The van der Waals surface area contributed by atoms with Crippen LogP contribution >= 0.6 is 27.5 Å². The van der Waals surface area contributed by atoms with Crippen LogP contribution in [0, 0.1) is 10.1 Å². The van der Waals surface area contributed by atoms with Crippen molar-refractivity contribution in [3.8, 4) is 5.75 Å². The second-order valence-corrected chi connectivity index (χ2v) is 5.33. The minimum Gasteiger partial charge on any atom is -0.488 e. The van der Waals surface area contributed by atoms with Crippen LogP contribution < -0.4 is 4.74 Å². The third kappa shape index (κ3) is 4.03. The number of carbonyl (C=O) groups excluding carboxylic acids is 1. The molecule has 0 unspecified atom stereocenters. The molecule has 0 saturated heterocycles. The smallest absolute Gasteiger partial charge is 0.269 e. The lowest BCUT2D eigenvalue weighted by Gasteiger charge is -2.08. The predicted octanol–water partition coefficient (Wildman–Crippen LogP) is 4.32. The number of carbonyl (C=O) groups is 1. The van der Waals surface area contributed by atoms with Gasteiger partial charge in [0, 0.05) is 17.7 Å². The van der Waals surface area contributed by atoms with Crippen molar-refractivity contribution in [2.45, 2.75) is 6.61 Å².